The lowest BCUT2D eigenvalue weighted by Gasteiger charge is -2.55. The number of allylic oxidation sites excluding steroid dienone is 1. The molecule has 330 valence electrons. The predicted octanol–water partition coefficient (Wildman–Crippen LogP) is 5.34. The van der Waals surface area contributed by atoms with Gasteiger partial charge in [-0.1, -0.05) is 58.6 Å². The van der Waals surface area contributed by atoms with Crippen LogP contribution in [0.3, 0.4) is 0 Å². The van der Waals surface area contributed by atoms with Crippen LogP contribution in [0.25, 0.3) is 0 Å². The smallest absolute Gasteiger partial charge is 0.338 e. The summed E-state index contributed by atoms with van der Waals surface area (Å²) in [7, 11) is 1.51. The Labute approximate surface area is 349 Å². The maximum absolute atomic E-state index is 13.3. The number of fused-ring (bicyclic) bond motifs is 5. The van der Waals surface area contributed by atoms with E-state index < -0.39 is 61.1 Å². The Bertz CT molecular complexity index is 1620. The van der Waals surface area contributed by atoms with E-state index in [9.17, 15) is 30.0 Å². The number of hydrogen-bond acceptors (Lipinski definition) is 13. The molecule has 1 aromatic carbocycles. The molecule has 3 saturated carbocycles. The average molecular weight is 829 g/mol. The van der Waals surface area contributed by atoms with Gasteiger partial charge in [-0.3, -0.25) is 4.79 Å². The van der Waals surface area contributed by atoms with Crippen molar-refractivity contribution in [2.24, 2.45) is 46.8 Å². The summed E-state index contributed by atoms with van der Waals surface area (Å²) in [5.41, 5.74) is 1.71. The third-order valence-electron chi connectivity index (χ3n) is 14.9. The molecule has 0 spiro atoms. The monoisotopic (exact) mass is 828 g/mol. The van der Waals surface area contributed by atoms with E-state index in [0.717, 1.165) is 64.2 Å². The third kappa shape index (κ3) is 9.43. The quantitative estimate of drug-likeness (QED) is 0.148. The number of hydrogen-bond donors (Lipinski definition) is 4. The Morgan fingerprint density at radius 2 is 1.56 bits per heavy atom. The molecule has 2 saturated heterocycles. The summed E-state index contributed by atoms with van der Waals surface area (Å²) in [4.78, 5) is 26.0. The third-order valence-corrected chi connectivity index (χ3v) is 14.9. The Balaban J connectivity index is 1.12. The van der Waals surface area contributed by atoms with Crippen molar-refractivity contribution in [3.63, 3.8) is 0 Å². The molecule has 17 atom stereocenters. The molecular weight excluding hydrogens is 760 g/mol. The molecular formula is C46H68O13. The summed E-state index contributed by atoms with van der Waals surface area (Å²) in [6.45, 7) is 10.0. The standard InChI is InChI=1S/C46H68O13/c1-24(2)8-7-9-25(3)38-32-16-17-34-31(15-12-28-20-29(48)18-19-46(28,34)5)33(32)21-37(38)57-45-42(56-26(4)47)40(36(50)23-55-45)59-44-41(39(51)35(49)22-54-44)58-43(52)27-10-13-30(53-6)14-11-27/h10-14,24-25,29,31-42,44-45,48-51H,7-9,15-23H2,1-6H3/t25-,29+,31+,32+,33+,34+,35?,36?,37+,38-,39?,40?,41?,42?,44?,45?,46+/m1/s1. The summed E-state index contributed by atoms with van der Waals surface area (Å²) in [5.74, 6) is 2.30. The van der Waals surface area contributed by atoms with Crippen molar-refractivity contribution in [3.05, 3.63) is 41.5 Å². The van der Waals surface area contributed by atoms with E-state index in [2.05, 4.69) is 33.8 Å². The first-order chi connectivity index (χ1) is 28.2. The zero-order valence-corrected chi connectivity index (χ0v) is 35.7. The minimum absolute atomic E-state index is 0.101. The van der Waals surface area contributed by atoms with E-state index in [-0.39, 0.29) is 42.3 Å². The highest BCUT2D eigenvalue weighted by Gasteiger charge is 2.58. The van der Waals surface area contributed by atoms with E-state index >= 15 is 0 Å². The van der Waals surface area contributed by atoms with E-state index in [1.54, 1.807) is 12.1 Å². The number of benzene rings is 1. The lowest BCUT2D eigenvalue weighted by atomic mass is 9.50. The molecule has 13 heteroatoms. The van der Waals surface area contributed by atoms with Crippen LogP contribution in [0, 0.1) is 46.8 Å². The summed E-state index contributed by atoms with van der Waals surface area (Å²) in [6.07, 6.45) is 1.30. The van der Waals surface area contributed by atoms with E-state index in [0.29, 0.717) is 41.3 Å². The lowest BCUT2D eigenvalue weighted by Crippen LogP contribution is -2.62. The van der Waals surface area contributed by atoms with Crippen molar-refractivity contribution in [3.8, 4) is 5.75 Å². The van der Waals surface area contributed by atoms with Crippen LogP contribution >= 0.6 is 0 Å². The molecule has 2 aliphatic heterocycles. The second-order valence-electron chi connectivity index (χ2n) is 19.0. The molecule has 4 aliphatic carbocycles. The summed E-state index contributed by atoms with van der Waals surface area (Å²) in [6, 6.07) is 6.20. The number of ether oxygens (including phenoxy) is 7. The van der Waals surface area contributed by atoms with Crippen LogP contribution in [0.15, 0.2) is 35.9 Å². The number of carbonyl (C=O) groups excluding carboxylic acids is 2. The highest BCUT2D eigenvalue weighted by atomic mass is 16.7. The van der Waals surface area contributed by atoms with Crippen LogP contribution in [0.2, 0.25) is 0 Å². The van der Waals surface area contributed by atoms with Gasteiger partial charge in [0.2, 0.25) is 0 Å². The van der Waals surface area contributed by atoms with Crippen LogP contribution in [-0.4, -0.2) is 114 Å². The normalized spacial score (nSPS) is 41.2. The second kappa shape index (κ2) is 18.8. The van der Waals surface area contributed by atoms with Gasteiger partial charge in [-0.25, -0.2) is 4.79 Å². The van der Waals surface area contributed by atoms with Crippen molar-refractivity contribution in [1.82, 2.24) is 0 Å². The van der Waals surface area contributed by atoms with Gasteiger partial charge >= 0.3 is 11.9 Å². The molecule has 1 aromatic rings. The number of aliphatic hydroxyl groups is 4. The average Bonchev–Trinajstić information content (AvgIpc) is 3.58. The second-order valence-corrected chi connectivity index (χ2v) is 19.0. The number of methoxy groups -OCH3 is 1. The molecule has 4 N–H and O–H groups in total. The highest BCUT2D eigenvalue weighted by molar-refractivity contribution is 5.89. The fourth-order valence-corrected chi connectivity index (χ4v) is 11.9. The molecule has 13 nitrogen and oxygen atoms in total. The van der Waals surface area contributed by atoms with Gasteiger partial charge in [0.25, 0.3) is 0 Å². The van der Waals surface area contributed by atoms with Crippen molar-refractivity contribution in [1.29, 1.82) is 0 Å². The molecule has 5 fully saturated rings. The first kappa shape index (κ1) is 44.4. The first-order valence-electron chi connectivity index (χ1n) is 22.2. The minimum Gasteiger partial charge on any atom is -0.497 e. The zero-order valence-electron chi connectivity index (χ0n) is 35.7. The van der Waals surface area contributed by atoms with Crippen molar-refractivity contribution in [2.45, 2.75) is 160 Å². The fourth-order valence-electron chi connectivity index (χ4n) is 11.9. The number of esters is 2. The Morgan fingerprint density at radius 1 is 0.847 bits per heavy atom. The molecule has 0 bridgehead atoms. The first-order valence-corrected chi connectivity index (χ1v) is 22.2. The largest absolute Gasteiger partial charge is 0.497 e. The summed E-state index contributed by atoms with van der Waals surface area (Å²) < 4.78 is 42.2. The topological polar surface area (TPSA) is 180 Å². The van der Waals surface area contributed by atoms with E-state index in [1.165, 1.54) is 31.7 Å². The Kier molecular flexibility index (Phi) is 14.1. The molecule has 2 heterocycles. The van der Waals surface area contributed by atoms with Gasteiger partial charge in [0.1, 0.15) is 30.2 Å². The molecule has 0 radical (unpaired) electrons. The van der Waals surface area contributed by atoms with Gasteiger partial charge < -0.3 is 53.6 Å². The van der Waals surface area contributed by atoms with Gasteiger partial charge in [0.05, 0.1) is 38.1 Å². The van der Waals surface area contributed by atoms with Crippen molar-refractivity contribution >= 4 is 11.9 Å². The fraction of sp³-hybridized carbons (Fsp3) is 0.783. The molecule has 0 amide bonds. The van der Waals surface area contributed by atoms with Gasteiger partial charge in [-0.05, 0) is 116 Å². The van der Waals surface area contributed by atoms with Crippen LogP contribution in [0.5, 0.6) is 5.75 Å². The SMILES string of the molecule is COc1ccc(C(=O)OC2C(OC3C(O)COC(O[C@H]4C[C@@H]5[C@H](CC[C@H]6[C@H]5CC=C5C[C@@H](O)CC[C@@]56C)[C@H]4[C@H](C)CCCC(C)C)C3OC(C)=O)OCC(O)C2O)cc1. The van der Waals surface area contributed by atoms with E-state index in [4.69, 9.17) is 33.2 Å². The van der Waals surface area contributed by atoms with Crippen LogP contribution in [0.1, 0.15) is 109 Å². The Morgan fingerprint density at radius 3 is 2.25 bits per heavy atom. The molecule has 8 unspecified atom stereocenters. The van der Waals surface area contributed by atoms with Crippen molar-refractivity contribution in [2.75, 3.05) is 20.3 Å². The highest BCUT2D eigenvalue weighted by Crippen LogP contribution is 2.63. The van der Waals surface area contributed by atoms with Gasteiger partial charge in [0, 0.05) is 6.92 Å². The van der Waals surface area contributed by atoms with Crippen LogP contribution in [0.4, 0.5) is 0 Å². The molecule has 0 aromatic heterocycles. The Hall–Kier alpha value is -2.62. The van der Waals surface area contributed by atoms with Gasteiger partial charge in [-0.2, -0.15) is 0 Å². The summed E-state index contributed by atoms with van der Waals surface area (Å²) >= 11 is 0. The van der Waals surface area contributed by atoms with Crippen LogP contribution < -0.4 is 4.74 Å². The zero-order chi connectivity index (χ0) is 42.2. The van der Waals surface area contributed by atoms with Gasteiger partial charge in [-0.15, -0.1) is 0 Å². The number of carbonyl (C=O) groups is 2. The maximum Gasteiger partial charge on any atom is 0.338 e. The minimum atomic E-state index is -1.58. The summed E-state index contributed by atoms with van der Waals surface area (Å²) in [5, 5.41) is 43.5. The van der Waals surface area contributed by atoms with E-state index in [1.807, 2.05) is 0 Å². The van der Waals surface area contributed by atoms with Crippen molar-refractivity contribution < 1.29 is 63.2 Å². The molecule has 6 aliphatic rings. The van der Waals surface area contributed by atoms with Crippen LogP contribution in [-0.2, 0) is 33.2 Å². The van der Waals surface area contributed by atoms with Gasteiger partial charge in [0.15, 0.2) is 24.8 Å². The number of rotatable bonds is 13. The molecule has 7 rings (SSSR count). The lowest BCUT2D eigenvalue weighted by molar-refractivity contribution is -0.340. The molecule has 59 heavy (non-hydrogen) atoms. The number of aliphatic hydroxyl groups excluding tert-OH is 4. The predicted molar refractivity (Wildman–Crippen MR) is 215 cm³/mol. The maximum atomic E-state index is 13.3.